The number of fused-ring (bicyclic) bond motifs is 1. The van der Waals surface area contributed by atoms with Crippen LogP contribution in [0.3, 0.4) is 0 Å². The van der Waals surface area contributed by atoms with Crippen LogP contribution in [0.4, 0.5) is 0 Å². The lowest BCUT2D eigenvalue weighted by Crippen LogP contribution is -2.18. The molecule has 0 saturated carbocycles. The Hall–Kier alpha value is -2.14. The minimum atomic E-state index is 0.615. The molecule has 104 valence electrons. The average molecular weight is 270 g/mol. The quantitative estimate of drug-likeness (QED) is 0.774. The molecule has 0 saturated heterocycles. The first-order chi connectivity index (χ1) is 9.74. The molecule has 0 atom stereocenters. The molecular formula is C15H18N4O. The SMILES string of the molecule is CC(C)CNCc1ncc(-c2cnn3ccccc23)o1. The number of nitrogens with zero attached hydrogens (tertiary/aromatic N) is 3. The summed E-state index contributed by atoms with van der Waals surface area (Å²) in [6.45, 7) is 5.95. The smallest absolute Gasteiger partial charge is 0.208 e. The highest BCUT2D eigenvalue weighted by Crippen LogP contribution is 2.24. The maximum absolute atomic E-state index is 5.79. The Morgan fingerprint density at radius 1 is 1.30 bits per heavy atom. The van der Waals surface area contributed by atoms with Crippen molar-refractivity contribution in [1.29, 1.82) is 0 Å². The highest BCUT2D eigenvalue weighted by Gasteiger charge is 2.11. The van der Waals surface area contributed by atoms with Gasteiger partial charge in [-0.25, -0.2) is 9.50 Å². The van der Waals surface area contributed by atoms with Gasteiger partial charge in [0, 0.05) is 6.20 Å². The monoisotopic (exact) mass is 270 g/mol. The van der Waals surface area contributed by atoms with Gasteiger partial charge in [0.2, 0.25) is 5.89 Å². The van der Waals surface area contributed by atoms with E-state index in [4.69, 9.17) is 4.42 Å². The Bertz CT molecular complexity index is 699. The Morgan fingerprint density at radius 2 is 2.20 bits per heavy atom. The average Bonchev–Trinajstić information content (AvgIpc) is 3.04. The van der Waals surface area contributed by atoms with Gasteiger partial charge in [0.15, 0.2) is 5.76 Å². The van der Waals surface area contributed by atoms with E-state index in [0.29, 0.717) is 18.4 Å². The van der Waals surface area contributed by atoms with E-state index in [1.54, 1.807) is 12.4 Å². The summed E-state index contributed by atoms with van der Waals surface area (Å²) < 4.78 is 7.62. The first kappa shape index (κ1) is 12.9. The van der Waals surface area contributed by atoms with Crippen LogP contribution in [0.15, 0.2) is 41.2 Å². The number of pyridine rings is 1. The predicted molar refractivity (Wildman–Crippen MR) is 77.2 cm³/mol. The van der Waals surface area contributed by atoms with Crippen molar-refractivity contribution in [1.82, 2.24) is 19.9 Å². The largest absolute Gasteiger partial charge is 0.439 e. The van der Waals surface area contributed by atoms with E-state index in [1.807, 2.05) is 28.9 Å². The van der Waals surface area contributed by atoms with Gasteiger partial charge in [-0.05, 0) is 24.6 Å². The number of rotatable bonds is 5. The molecule has 0 bridgehead atoms. The van der Waals surface area contributed by atoms with Crippen molar-refractivity contribution in [3.8, 4) is 11.3 Å². The fraction of sp³-hybridized carbons (Fsp3) is 0.333. The van der Waals surface area contributed by atoms with Gasteiger partial charge in [0.05, 0.1) is 30.0 Å². The van der Waals surface area contributed by atoms with Crippen LogP contribution in [0, 0.1) is 5.92 Å². The van der Waals surface area contributed by atoms with Crippen molar-refractivity contribution in [2.75, 3.05) is 6.54 Å². The molecule has 0 spiro atoms. The van der Waals surface area contributed by atoms with Crippen molar-refractivity contribution in [3.63, 3.8) is 0 Å². The first-order valence-corrected chi connectivity index (χ1v) is 6.82. The molecular weight excluding hydrogens is 252 g/mol. The lowest BCUT2D eigenvalue weighted by atomic mass is 10.2. The van der Waals surface area contributed by atoms with Gasteiger partial charge >= 0.3 is 0 Å². The van der Waals surface area contributed by atoms with E-state index < -0.39 is 0 Å². The Labute approximate surface area is 117 Å². The highest BCUT2D eigenvalue weighted by molar-refractivity contribution is 5.76. The summed E-state index contributed by atoms with van der Waals surface area (Å²) in [7, 11) is 0. The van der Waals surface area contributed by atoms with Gasteiger partial charge in [-0.15, -0.1) is 0 Å². The molecule has 0 aliphatic heterocycles. The minimum Gasteiger partial charge on any atom is -0.439 e. The fourth-order valence-corrected chi connectivity index (χ4v) is 2.11. The number of aromatic nitrogens is 3. The maximum Gasteiger partial charge on any atom is 0.208 e. The van der Waals surface area contributed by atoms with E-state index >= 15 is 0 Å². The number of hydrogen-bond acceptors (Lipinski definition) is 4. The van der Waals surface area contributed by atoms with Crippen LogP contribution in [-0.2, 0) is 6.54 Å². The zero-order chi connectivity index (χ0) is 13.9. The second kappa shape index (κ2) is 5.46. The summed E-state index contributed by atoms with van der Waals surface area (Å²) in [4.78, 5) is 4.31. The Balaban J connectivity index is 1.79. The third kappa shape index (κ3) is 2.58. The normalized spacial score (nSPS) is 11.6. The first-order valence-electron chi connectivity index (χ1n) is 6.82. The van der Waals surface area contributed by atoms with E-state index in [-0.39, 0.29) is 0 Å². The lowest BCUT2D eigenvalue weighted by Gasteiger charge is -2.04. The molecule has 3 aromatic heterocycles. The standard InChI is InChI=1S/C15H18N4O/c1-11(2)7-16-10-15-17-9-14(20-15)12-8-18-19-6-4-3-5-13(12)19/h3-6,8-9,11,16H,7,10H2,1-2H3. The number of hydrogen-bond donors (Lipinski definition) is 1. The van der Waals surface area contributed by atoms with Crippen molar-refractivity contribution in [2.45, 2.75) is 20.4 Å². The highest BCUT2D eigenvalue weighted by atomic mass is 16.4. The second-order valence-corrected chi connectivity index (χ2v) is 5.23. The topological polar surface area (TPSA) is 55.4 Å². The molecule has 0 aromatic carbocycles. The second-order valence-electron chi connectivity index (χ2n) is 5.23. The van der Waals surface area contributed by atoms with Crippen LogP contribution in [0.2, 0.25) is 0 Å². The molecule has 5 heteroatoms. The third-order valence-electron chi connectivity index (χ3n) is 3.07. The number of nitrogens with one attached hydrogen (secondary N) is 1. The molecule has 3 heterocycles. The molecule has 0 aliphatic carbocycles. The third-order valence-corrected chi connectivity index (χ3v) is 3.07. The molecule has 0 radical (unpaired) electrons. The molecule has 3 aromatic rings. The van der Waals surface area contributed by atoms with Crippen LogP contribution >= 0.6 is 0 Å². The molecule has 5 nitrogen and oxygen atoms in total. The van der Waals surface area contributed by atoms with Crippen LogP contribution in [0.1, 0.15) is 19.7 Å². The zero-order valence-corrected chi connectivity index (χ0v) is 11.7. The van der Waals surface area contributed by atoms with Gasteiger partial charge in [-0.3, -0.25) is 0 Å². The molecule has 0 amide bonds. The van der Waals surface area contributed by atoms with Crippen molar-refractivity contribution in [2.24, 2.45) is 5.92 Å². The number of oxazole rings is 1. The molecule has 0 aliphatic rings. The summed E-state index contributed by atoms with van der Waals surface area (Å²) in [5.74, 6) is 2.08. The van der Waals surface area contributed by atoms with Crippen molar-refractivity contribution >= 4 is 5.52 Å². The summed E-state index contributed by atoms with van der Waals surface area (Å²) >= 11 is 0. The van der Waals surface area contributed by atoms with E-state index in [2.05, 4.69) is 29.2 Å². The van der Waals surface area contributed by atoms with Gasteiger partial charge in [0.25, 0.3) is 0 Å². The Kier molecular flexibility index (Phi) is 3.52. The minimum absolute atomic E-state index is 0.615. The van der Waals surface area contributed by atoms with E-state index in [9.17, 15) is 0 Å². The van der Waals surface area contributed by atoms with E-state index in [0.717, 1.165) is 23.4 Å². The summed E-state index contributed by atoms with van der Waals surface area (Å²) in [5, 5.41) is 7.62. The fourth-order valence-electron chi connectivity index (χ4n) is 2.11. The lowest BCUT2D eigenvalue weighted by molar-refractivity contribution is 0.459. The Morgan fingerprint density at radius 3 is 3.05 bits per heavy atom. The van der Waals surface area contributed by atoms with Crippen LogP contribution in [0.5, 0.6) is 0 Å². The maximum atomic E-state index is 5.79. The molecule has 1 N–H and O–H groups in total. The van der Waals surface area contributed by atoms with Crippen molar-refractivity contribution in [3.05, 3.63) is 42.7 Å². The predicted octanol–water partition coefficient (Wildman–Crippen LogP) is 2.73. The van der Waals surface area contributed by atoms with Crippen LogP contribution < -0.4 is 5.32 Å². The molecule has 0 unspecified atom stereocenters. The van der Waals surface area contributed by atoms with Crippen molar-refractivity contribution < 1.29 is 4.42 Å². The van der Waals surface area contributed by atoms with Crippen LogP contribution in [0.25, 0.3) is 16.8 Å². The molecule has 0 fully saturated rings. The van der Waals surface area contributed by atoms with Gasteiger partial charge in [-0.1, -0.05) is 19.9 Å². The zero-order valence-electron chi connectivity index (χ0n) is 11.7. The van der Waals surface area contributed by atoms with Gasteiger partial charge in [-0.2, -0.15) is 5.10 Å². The van der Waals surface area contributed by atoms with E-state index in [1.165, 1.54) is 0 Å². The summed E-state index contributed by atoms with van der Waals surface area (Å²) in [6.07, 6.45) is 5.48. The molecule has 3 rings (SSSR count). The summed E-state index contributed by atoms with van der Waals surface area (Å²) in [6, 6.07) is 5.95. The summed E-state index contributed by atoms with van der Waals surface area (Å²) in [5.41, 5.74) is 1.98. The van der Waals surface area contributed by atoms with Gasteiger partial charge in [0.1, 0.15) is 0 Å². The van der Waals surface area contributed by atoms with Gasteiger partial charge < -0.3 is 9.73 Å². The molecule has 20 heavy (non-hydrogen) atoms. The van der Waals surface area contributed by atoms with Crippen LogP contribution in [-0.4, -0.2) is 21.1 Å².